The van der Waals surface area contributed by atoms with Crippen molar-refractivity contribution in [2.75, 3.05) is 11.9 Å². The first kappa shape index (κ1) is 14.7. The van der Waals surface area contributed by atoms with Gasteiger partial charge in [0.2, 0.25) is 5.91 Å². The molecule has 2 aromatic heterocycles. The van der Waals surface area contributed by atoms with Gasteiger partial charge in [-0.25, -0.2) is 13.1 Å². The van der Waals surface area contributed by atoms with Crippen molar-refractivity contribution in [2.45, 2.75) is 18.1 Å². The summed E-state index contributed by atoms with van der Waals surface area (Å²) < 4.78 is 31.0. The minimum atomic E-state index is -3.66. The summed E-state index contributed by atoms with van der Waals surface area (Å²) in [6.07, 6.45) is 0. The van der Waals surface area contributed by atoms with E-state index in [9.17, 15) is 13.2 Å². The number of amides is 1. The maximum atomic E-state index is 11.9. The highest BCUT2D eigenvalue weighted by molar-refractivity contribution is 7.91. The van der Waals surface area contributed by atoms with Gasteiger partial charge in [0.15, 0.2) is 5.82 Å². The monoisotopic (exact) mass is 315 g/mol. The van der Waals surface area contributed by atoms with Crippen molar-refractivity contribution in [2.24, 2.45) is 0 Å². The Hall–Kier alpha value is -1.71. The number of hydrogen-bond donors (Lipinski definition) is 2. The summed E-state index contributed by atoms with van der Waals surface area (Å²) in [6, 6.07) is 4.74. The van der Waals surface area contributed by atoms with E-state index in [-0.39, 0.29) is 16.6 Å². The number of nitrogens with one attached hydrogen (secondary N) is 2. The average molecular weight is 315 g/mol. The van der Waals surface area contributed by atoms with Gasteiger partial charge in [0, 0.05) is 10.9 Å². The fraction of sp³-hybridized carbons (Fsp3) is 0.273. The second-order valence-electron chi connectivity index (χ2n) is 4.06. The van der Waals surface area contributed by atoms with Gasteiger partial charge in [-0.3, -0.25) is 4.79 Å². The number of carbonyl (C=O) groups is 1. The molecule has 0 fully saturated rings. The summed E-state index contributed by atoms with van der Waals surface area (Å²) in [5.41, 5.74) is 0. The number of thiophene rings is 1. The van der Waals surface area contributed by atoms with Crippen LogP contribution in [-0.2, 0) is 14.8 Å². The van der Waals surface area contributed by atoms with Crippen LogP contribution in [0, 0.1) is 13.8 Å². The number of hydrogen-bond acceptors (Lipinski definition) is 6. The third kappa shape index (κ3) is 3.65. The summed E-state index contributed by atoms with van der Waals surface area (Å²) in [5, 5.41) is 6.00. The van der Waals surface area contributed by atoms with E-state index in [1.54, 1.807) is 13.0 Å². The molecule has 2 rings (SSSR count). The molecule has 0 saturated carbocycles. The zero-order valence-electron chi connectivity index (χ0n) is 10.8. The van der Waals surface area contributed by atoms with Crippen LogP contribution >= 0.6 is 11.3 Å². The van der Waals surface area contributed by atoms with Crippen LogP contribution in [0.5, 0.6) is 0 Å². The lowest BCUT2D eigenvalue weighted by Gasteiger charge is -2.04. The molecule has 20 heavy (non-hydrogen) atoms. The van der Waals surface area contributed by atoms with E-state index in [1.807, 2.05) is 6.92 Å². The van der Waals surface area contributed by atoms with Gasteiger partial charge in [-0.2, -0.15) is 0 Å². The van der Waals surface area contributed by atoms with Crippen LogP contribution in [0.15, 0.2) is 26.9 Å². The lowest BCUT2D eigenvalue weighted by atomic mass is 10.5. The molecular formula is C11H13N3O4S2. The first-order valence-electron chi connectivity index (χ1n) is 5.66. The lowest BCUT2D eigenvalue weighted by Crippen LogP contribution is -2.32. The first-order valence-corrected chi connectivity index (χ1v) is 7.96. The maximum Gasteiger partial charge on any atom is 0.250 e. The van der Waals surface area contributed by atoms with Gasteiger partial charge in [-0.15, -0.1) is 11.3 Å². The van der Waals surface area contributed by atoms with Gasteiger partial charge < -0.3 is 9.84 Å². The summed E-state index contributed by atoms with van der Waals surface area (Å²) in [5.74, 6) is 0.281. The molecule has 0 bridgehead atoms. The van der Waals surface area contributed by atoms with Crippen LogP contribution in [0.3, 0.4) is 0 Å². The molecule has 2 heterocycles. The van der Waals surface area contributed by atoms with Crippen LogP contribution in [0.2, 0.25) is 0 Å². The van der Waals surface area contributed by atoms with Crippen molar-refractivity contribution in [3.63, 3.8) is 0 Å². The predicted molar refractivity (Wildman–Crippen MR) is 74.1 cm³/mol. The van der Waals surface area contributed by atoms with Gasteiger partial charge >= 0.3 is 0 Å². The topological polar surface area (TPSA) is 101 Å². The molecule has 1 amide bonds. The highest BCUT2D eigenvalue weighted by Gasteiger charge is 2.17. The van der Waals surface area contributed by atoms with Gasteiger partial charge in [0.1, 0.15) is 9.97 Å². The highest BCUT2D eigenvalue weighted by atomic mass is 32.2. The summed E-state index contributed by atoms with van der Waals surface area (Å²) >= 11 is 1.14. The molecule has 0 aliphatic rings. The fourth-order valence-corrected chi connectivity index (χ4v) is 3.71. The number of sulfonamides is 1. The highest BCUT2D eigenvalue weighted by Crippen LogP contribution is 2.20. The molecule has 2 aromatic rings. The summed E-state index contributed by atoms with van der Waals surface area (Å²) in [7, 11) is -3.66. The molecule has 9 heteroatoms. The van der Waals surface area contributed by atoms with Crippen LogP contribution in [0.1, 0.15) is 10.6 Å². The van der Waals surface area contributed by atoms with Gasteiger partial charge in [0.05, 0.1) is 6.54 Å². The van der Waals surface area contributed by atoms with E-state index in [0.717, 1.165) is 16.2 Å². The quantitative estimate of drug-likeness (QED) is 0.865. The van der Waals surface area contributed by atoms with E-state index in [4.69, 9.17) is 4.52 Å². The second-order valence-corrected chi connectivity index (χ2v) is 7.34. The minimum Gasteiger partial charge on any atom is -0.360 e. The van der Waals surface area contributed by atoms with E-state index < -0.39 is 15.9 Å². The molecule has 0 aromatic carbocycles. The molecule has 0 unspecified atom stereocenters. The van der Waals surface area contributed by atoms with Gasteiger partial charge in [-0.1, -0.05) is 5.16 Å². The zero-order valence-corrected chi connectivity index (χ0v) is 12.5. The van der Waals surface area contributed by atoms with Crippen molar-refractivity contribution < 1.29 is 17.7 Å². The Morgan fingerprint density at radius 1 is 1.40 bits per heavy atom. The van der Waals surface area contributed by atoms with Crippen LogP contribution in [0.25, 0.3) is 0 Å². The van der Waals surface area contributed by atoms with Gasteiger partial charge in [-0.05, 0) is 26.0 Å². The van der Waals surface area contributed by atoms with Crippen LogP contribution < -0.4 is 10.0 Å². The smallest absolute Gasteiger partial charge is 0.250 e. The zero-order chi connectivity index (χ0) is 14.8. The summed E-state index contributed by atoms with van der Waals surface area (Å²) in [6.45, 7) is 3.12. The number of aromatic nitrogens is 1. The van der Waals surface area contributed by atoms with Crippen molar-refractivity contribution in [3.05, 3.63) is 28.8 Å². The fourth-order valence-electron chi connectivity index (χ4n) is 1.40. The molecule has 0 aliphatic heterocycles. The van der Waals surface area contributed by atoms with Crippen molar-refractivity contribution in [1.29, 1.82) is 0 Å². The third-order valence-corrected chi connectivity index (χ3v) is 5.19. The molecular weight excluding hydrogens is 302 g/mol. The van der Waals surface area contributed by atoms with E-state index >= 15 is 0 Å². The Kier molecular flexibility index (Phi) is 4.21. The van der Waals surface area contributed by atoms with Crippen LogP contribution in [0.4, 0.5) is 5.82 Å². The Morgan fingerprint density at radius 2 is 2.15 bits per heavy atom. The largest absolute Gasteiger partial charge is 0.360 e. The van der Waals surface area contributed by atoms with Crippen molar-refractivity contribution >= 4 is 33.1 Å². The Bertz CT molecular complexity index is 718. The first-order chi connectivity index (χ1) is 9.37. The van der Waals surface area contributed by atoms with Crippen molar-refractivity contribution in [3.8, 4) is 0 Å². The molecule has 7 nitrogen and oxygen atoms in total. The molecule has 108 valence electrons. The number of nitrogens with zero attached hydrogens (tertiary/aromatic N) is 1. The number of rotatable bonds is 5. The Morgan fingerprint density at radius 3 is 2.70 bits per heavy atom. The van der Waals surface area contributed by atoms with E-state index in [1.165, 1.54) is 12.1 Å². The van der Waals surface area contributed by atoms with Crippen LogP contribution in [-0.4, -0.2) is 26.0 Å². The normalized spacial score (nSPS) is 11.5. The average Bonchev–Trinajstić information content (AvgIpc) is 2.96. The number of anilines is 1. The molecule has 0 aliphatic carbocycles. The maximum absolute atomic E-state index is 11.9. The number of aryl methyl sites for hydroxylation is 2. The molecule has 0 radical (unpaired) electrons. The predicted octanol–water partition coefficient (Wildman–Crippen LogP) is 1.27. The van der Waals surface area contributed by atoms with Gasteiger partial charge in [0.25, 0.3) is 10.0 Å². The summed E-state index contributed by atoms with van der Waals surface area (Å²) in [4.78, 5) is 12.5. The second kappa shape index (κ2) is 5.73. The SMILES string of the molecule is Cc1cc(NC(=O)CNS(=O)(=O)c2ccc(C)s2)no1. The lowest BCUT2D eigenvalue weighted by molar-refractivity contribution is -0.115. The Balaban J connectivity index is 1.93. The minimum absolute atomic E-state index is 0.181. The molecule has 2 N–H and O–H groups in total. The third-order valence-electron chi connectivity index (χ3n) is 2.30. The van der Waals surface area contributed by atoms with E-state index in [2.05, 4.69) is 15.2 Å². The molecule has 0 saturated heterocycles. The standard InChI is InChI=1S/C11H13N3O4S2/c1-7-5-9(14-18-7)13-10(15)6-12-20(16,17)11-4-3-8(2)19-11/h3-5,12H,6H2,1-2H3,(H,13,14,15). The van der Waals surface area contributed by atoms with E-state index in [0.29, 0.717) is 5.76 Å². The molecule has 0 atom stereocenters. The Labute approximate surface area is 120 Å². The molecule has 0 spiro atoms. The van der Waals surface area contributed by atoms with Crippen molar-refractivity contribution in [1.82, 2.24) is 9.88 Å². The number of carbonyl (C=O) groups excluding carboxylic acids is 1.